The first-order valence-electron chi connectivity index (χ1n) is 10.6. The van der Waals surface area contributed by atoms with Crippen molar-refractivity contribution in [3.8, 4) is 11.5 Å². The van der Waals surface area contributed by atoms with Crippen molar-refractivity contribution in [3.05, 3.63) is 54.1 Å². The first-order valence-corrected chi connectivity index (χ1v) is 12.4. The standard InChI is InChI=1S/C23H25N5O4S2/c1-31-17-8-9-18(19(14-17)32-2)21(30)27-10-12-28(13-11-27)22-25-26-23(34-22)33-15-20(29)24-16-6-4-3-5-7-16/h3-9,14H,10-13,15H2,1-2H3,(H,24,29). The van der Waals surface area contributed by atoms with Gasteiger partial charge in [0, 0.05) is 37.9 Å². The van der Waals surface area contributed by atoms with Gasteiger partial charge in [-0.15, -0.1) is 10.2 Å². The van der Waals surface area contributed by atoms with Crippen LogP contribution in [0.5, 0.6) is 11.5 Å². The molecule has 11 heteroatoms. The van der Waals surface area contributed by atoms with Crippen molar-refractivity contribution >= 4 is 45.7 Å². The molecule has 1 N–H and O–H groups in total. The van der Waals surface area contributed by atoms with E-state index in [1.807, 2.05) is 35.2 Å². The van der Waals surface area contributed by atoms with Gasteiger partial charge in [0.05, 0.1) is 25.5 Å². The van der Waals surface area contributed by atoms with E-state index in [9.17, 15) is 9.59 Å². The van der Waals surface area contributed by atoms with Crippen LogP contribution in [0, 0.1) is 0 Å². The second kappa shape index (κ2) is 11.2. The molecule has 3 aromatic rings. The van der Waals surface area contributed by atoms with Gasteiger partial charge >= 0.3 is 0 Å². The quantitative estimate of drug-likeness (QED) is 0.472. The highest BCUT2D eigenvalue weighted by Crippen LogP contribution is 2.30. The number of thioether (sulfide) groups is 1. The fourth-order valence-electron chi connectivity index (χ4n) is 3.48. The van der Waals surface area contributed by atoms with Crippen LogP contribution in [-0.2, 0) is 4.79 Å². The van der Waals surface area contributed by atoms with Gasteiger partial charge in [0.1, 0.15) is 11.5 Å². The summed E-state index contributed by atoms with van der Waals surface area (Å²) in [6.07, 6.45) is 0. The Morgan fingerprint density at radius 2 is 1.79 bits per heavy atom. The van der Waals surface area contributed by atoms with Crippen LogP contribution in [0.1, 0.15) is 10.4 Å². The lowest BCUT2D eigenvalue weighted by Crippen LogP contribution is -2.48. The van der Waals surface area contributed by atoms with Gasteiger partial charge in [-0.1, -0.05) is 41.3 Å². The molecule has 0 radical (unpaired) electrons. The van der Waals surface area contributed by atoms with Crippen molar-refractivity contribution in [2.24, 2.45) is 0 Å². The maximum atomic E-state index is 13.0. The number of piperazine rings is 1. The molecule has 0 aliphatic carbocycles. The SMILES string of the molecule is COc1ccc(C(=O)N2CCN(c3nnc(SCC(=O)Nc4ccccc4)s3)CC2)c(OC)c1. The average Bonchev–Trinajstić information content (AvgIpc) is 3.36. The Hall–Kier alpha value is -3.31. The monoisotopic (exact) mass is 499 g/mol. The maximum absolute atomic E-state index is 13.0. The molecule has 2 heterocycles. The van der Waals surface area contributed by atoms with E-state index in [0.29, 0.717) is 43.2 Å². The molecule has 2 aromatic carbocycles. The van der Waals surface area contributed by atoms with Gasteiger partial charge < -0.3 is 24.6 Å². The number of aromatic nitrogens is 2. The number of para-hydroxylation sites is 1. The van der Waals surface area contributed by atoms with Crippen molar-refractivity contribution in [2.45, 2.75) is 4.34 Å². The molecule has 0 atom stereocenters. The van der Waals surface area contributed by atoms with E-state index in [1.54, 1.807) is 32.4 Å². The molecular weight excluding hydrogens is 474 g/mol. The Bertz CT molecular complexity index is 1130. The van der Waals surface area contributed by atoms with Crippen molar-refractivity contribution in [2.75, 3.05) is 56.4 Å². The van der Waals surface area contributed by atoms with E-state index in [-0.39, 0.29) is 17.6 Å². The summed E-state index contributed by atoms with van der Waals surface area (Å²) in [6.45, 7) is 2.43. The number of amides is 2. The molecule has 0 bridgehead atoms. The molecule has 1 saturated heterocycles. The summed E-state index contributed by atoms with van der Waals surface area (Å²) in [6, 6.07) is 14.5. The number of nitrogens with one attached hydrogen (secondary N) is 1. The Kier molecular flexibility index (Phi) is 7.86. The minimum Gasteiger partial charge on any atom is -0.497 e. The first-order chi connectivity index (χ1) is 16.6. The molecule has 1 aliphatic rings. The summed E-state index contributed by atoms with van der Waals surface area (Å²) in [5.41, 5.74) is 1.28. The summed E-state index contributed by atoms with van der Waals surface area (Å²) in [4.78, 5) is 29.1. The number of ether oxygens (including phenoxy) is 2. The second-order valence-electron chi connectivity index (χ2n) is 7.40. The van der Waals surface area contributed by atoms with Gasteiger partial charge in [0.25, 0.3) is 5.91 Å². The molecule has 1 fully saturated rings. The highest BCUT2D eigenvalue weighted by atomic mass is 32.2. The lowest BCUT2D eigenvalue weighted by Gasteiger charge is -2.34. The van der Waals surface area contributed by atoms with E-state index in [2.05, 4.69) is 20.4 Å². The second-order valence-corrected chi connectivity index (χ2v) is 9.58. The molecule has 4 rings (SSSR count). The van der Waals surface area contributed by atoms with Crippen molar-refractivity contribution in [1.82, 2.24) is 15.1 Å². The molecule has 1 aliphatic heterocycles. The fourth-order valence-corrected chi connectivity index (χ4v) is 5.17. The zero-order chi connectivity index (χ0) is 23.9. The maximum Gasteiger partial charge on any atom is 0.257 e. The molecule has 0 spiro atoms. The number of carbonyl (C=O) groups excluding carboxylic acids is 2. The summed E-state index contributed by atoms with van der Waals surface area (Å²) >= 11 is 2.81. The number of methoxy groups -OCH3 is 2. The van der Waals surface area contributed by atoms with E-state index < -0.39 is 0 Å². The lowest BCUT2D eigenvalue weighted by atomic mass is 10.1. The average molecular weight is 500 g/mol. The van der Waals surface area contributed by atoms with Crippen molar-refractivity contribution in [3.63, 3.8) is 0 Å². The summed E-state index contributed by atoms with van der Waals surface area (Å²) in [5, 5.41) is 12.1. The lowest BCUT2D eigenvalue weighted by molar-refractivity contribution is -0.113. The van der Waals surface area contributed by atoms with Gasteiger partial charge in [0.15, 0.2) is 4.34 Å². The van der Waals surface area contributed by atoms with E-state index >= 15 is 0 Å². The Morgan fingerprint density at radius 1 is 1.03 bits per heavy atom. The highest BCUT2D eigenvalue weighted by molar-refractivity contribution is 8.01. The van der Waals surface area contributed by atoms with Gasteiger partial charge in [-0.3, -0.25) is 9.59 Å². The Morgan fingerprint density at radius 3 is 2.50 bits per heavy atom. The topological polar surface area (TPSA) is 96.9 Å². The van der Waals surface area contributed by atoms with Crippen LogP contribution in [0.25, 0.3) is 0 Å². The molecule has 9 nitrogen and oxygen atoms in total. The first kappa shape index (κ1) is 23.8. The normalized spacial score (nSPS) is 13.5. The molecule has 0 unspecified atom stereocenters. The van der Waals surface area contributed by atoms with Crippen LogP contribution in [0.15, 0.2) is 52.9 Å². The number of carbonyl (C=O) groups is 2. The zero-order valence-corrected chi connectivity index (χ0v) is 20.5. The minimum atomic E-state index is -0.0889. The third-order valence-electron chi connectivity index (χ3n) is 5.26. The molecule has 1 aromatic heterocycles. The third kappa shape index (κ3) is 5.78. The third-order valence-corrected chi connectivity index (χ3v) is 7.37. The van der Waals surface area contributed by atoms with Gasteiger partial charge in [0.2, 0.25) is 11.0 Å². The highest BCUT2D eigenvalue weighted by Gasteiger charge is 2.26. The van der Waals surface area contributed by atoms with Crippen molar-refractivity contribution in [1.29, 1.82) is 0 Å². The van der Waals surface area contributed by atoms with E-state index in [4.69, 9.17) is 9.47 Å². The van der Waals surface area contributed by atoms with Crippen LogP contribution in [0.2, 0.25) is 0 Å². The molecular formula is C23H25N5O4S2. The smallest absolute Gasteiger partial charge is 0.257 e. The van der Waals surface area contributed by atoms with Gasteiger partial charge in [-0.2, -0.15) is 0 Å². The van der Waals surface area contributed by atoms with Crippen LogP contribution < -0.4 is 19.7 Å². The number of nitrogens with zero attached hydrogens (tertiary/aromatic N) is 4. The minimum absolute atomic E-state index is 0.0721. The zero-order valence-electron chi connectivity index (χ0n) is 18.9. The largest absolute Gasteiger partial charge is 0.497 e. The molecule has 2 amide bonds. The number of hydrogen-bond acceptors (Lipinski definition) is 9. The number of hydrogen-bond donors (Lipinski definition) is 1. The van der Waals surface area contributed by atoms with Crippen LogP contribution in [0.3, 0.4) is 0 Å². The van der Waals surface area contributed by atoms with Crippen LogP contribution in [-0.4, -0.2) is 73.1 Å². The summed E-state index contributed by atoms with van der Waals surface area (Å²) in [5.74, 6) is 1.23. The Labute approximate surface area is 206 Å². The van der Waals surface area contributed by atoms with Crippen LogP contribution in [0.4, 0.5) is 10.8 Å². The predicted octanol–water partition coefficient (Wildman–Crippen LogP) is 3.25. The number of rotatable bonds is 8. The van der Waals surface area contributed by atoms with E-state index in [1.165, 1.54) is 23.1 Å². The number of benzene rings is 2. The van der Waals surface area contributed by atoms with Crippen molar-refractivity contribution < 1.29 is 19.1 Å². The van der Waals surface area contributed by atoms with Crippen LogP contribution >= 0.6 is 23.1 Å². The molecule has 178 valence electrons. The van der Waals surface area contributed by atoms with Gasteiger partial charge in [-0.25, -0.2) is 0 Å². The summed E-state index contributed by atoms with van der Waals surface area (Å²) in [7, 11) is 3.12. The number of anilines is 2. The van der Waals surface area contributed by atoms with Gasteiger partial charge in [-0.05, 0) is 24.3 Å². The van der Waals surface area contributed by atoms with E-state index in [0.717, 1.165) is 15.2 Å². The fraction of sp³-hybridized carbons (Fsp3) is 0.304. The summed E-state index contributed by atoms with van der Waals surface area (Å²) < 4.78 is 11.3. The Balaban J connectivity index is 1.28. The predicted molar refractivity (Wildman–Crippen MR) is 133 cm³/mol. The molecule has 0 saturated carbocycles. The molecule has 34 heavy (non-hydrogen) atoms.